The lowest BCUT2D eigenvalue weighted by Crippen LogP contribution is -2.44. The highest BCUT2D eigenvalue weighted by Crippen LogP contribution is 2.29. The first kappa shape index (κ1) is 24.0. The molecular weight excluding hydrogens is 485 g/mol. The van der Waals surface area contributed by atoms with Crippen molar-refractivity contribution >= 4 is 56.4 Å². The van der Waals surface area contributed by atoms with Crippen LogP contribution in [0, 0.1) is 5.92 Å². The second-order valence-electron chi connectivity index (χ2n) is 8.34. The third-order valence-electron chi connectivity index (χ3n) is 6.06. The molecule has 7 nitrogen and oxygen atoms in total. The summed E-state index contributed by atoms with van der Waals surface area (Å²) in [6.07, 6.45) is 2.60. The van der Waals surface area contributed by atoms with Crippen molar-refractivity contribution in [2.75, 3.05) is 29.9 Å². The molecule has 0 radical (unpaired) electrons. The number of amides is 2. The van der Waals surface area contributed by atoms with Crippen LogP contribution in [0.2, 0.25) is 10.0 Å². The summed E-state index contributed by atoms with van der Waals surface area (Å²) in [5.74, 6) is -0.893. The van der Waals surface area contributed by atoms with E-state index in [1.807, 2.05) is 12.1 Å². The second kappa shape index (κ2) is 10.0. The molecule has 176 valence electrons. The third kappa shape index (κ3) is 5.51. The number of piperidine rings is 1. The van der Waals surface area contributed by atoms with E-state index < -0.39 is 15.9 Å². The van der Waals surface area contributed by atoms with Gasteiger partial charge in [0, 0.05) is 53.0 Å². The van der Waals surface area contributed by atoms with Crippen molar-refractivity contribution in [3.63, 3.8) is 0 Å². The maximum Gasteiger partial charge on any atom is 0.228 e. The Hall–Kier alpha value is -2.13. The summed E-state index contributed by atoms with van der Waals surface area (Å²) in [5, 5.41) is 3.48. The molecule has 0 saturated carbocycles. The molecule has 2 aromatic rings. The summed E-state index contributed by atoms with van der Waals surface area (Å²) in [6, 6.07) is 12.0. The molecule has 0 aromatic heterocycles. The van der Waals surface area contributed by atoms with E-state index in [2.05, 4.69) is 5.32 Å². The minimum absolute atomic E-state index is 0.105. The SMILES string of the molecule is O=C(Nc1ccc(N2CCCC2=O)cc1)[C@@H]1CCCN(S(=O)(=O)Cc2c(Cl)cccc2Cl)C1. The molecule has 0 aliphatic carbocycles. The lowest BCUT2D eigenvalue weighted by Gasteiger charge is -2.31. The van der Waals surface area contributed by atoms with Crippen LogP contribution in [0.5, 0.6) is 0 Å². The van der Waals surface area contributed by atoms with Crippen LogP contribution >= 0.6 is 23.2 Å². The fourth-order valence-electron chi connectivity index (χ4n) is 4.24. The van der Waals surface area contributed by atoms with Crippen molar-refractivity contribution in [1.82, 2.24) is 4.31 Å². The van der Waals surface area contributed by atoms with E-state index in [4.69, 9.17) is 23.2 Å². The first-order valence-corrected chi connectivity index (χ1v) is 13.2. The molecule has 2 saturated heterocycles. The summed E-state index contributed by atoms with van der Waals surface area (Å²) in [4.78, 5) is 26.5. The van der Waals surface area contributed by atoms with Gasteiger partial charge in [-0.3, -0.25) is 9.59 Å². The Labute approximate surface area is 203 Å². The van der Waals surface area contributed by atoms with Crippen LogP contribution in [-0.2, 0) is 25.4 Å². The minimum atomic E-state index is -3.69. The Kier molecular flexibility index (Phi) is 7.28. The van der Waals surface area contributed by atoms with Gasteiger partial charge in [-0.25, -0.2) is 12.7 Å². The smallest absolute Gasteiger partial charge is 0.228 e. The topological polar surface area (TPSA) is 86.8 Å². The van der Waals surface area contributed by atoms with Crippen molar-refractivity contribution in [2.24, 2.45) is 5.92 Å². The second-order valence-corrected chi connectivity index (χ2v) is 11.1. The Morgan fingerprint density at radius 3 is 2.36 bits per heavy atom. The van der Waals surface area contributed by atoms with Crippen molar-refractivity contribution in [2.45, 2.75) is 31.4 Å². The number of hydrogen-bond donors (Lipinski definition) is 1. The zero-order valence-corrected chi connectivity index (χ0v) is 20.3. The minimum Gasteiger partial charge on any atom is -0.326 e. The van der Waals surface area contributed by atoms with Gasteiger partial charge in [0.2, 0.25) is 21.8 Å². The number of nitrogens with one attached hydrogen (secondary N) is 1. The Balaban J connectivity index is 1.39. The molecule has 0 spiro atoms. The fourth-order valence-corrected chi connectivity index (χ4v) is 6.61. The number of sulfonamides is 1. The molecule has 1 atom stereocenters. The van der Waals surface area contributed by atoms with Crippen molar-refractivity contribution in [3.8, 4) is 0 Å². The molecule has 33 heavy (non-hydrogen) atoms. The highest BCUT2D eigenvalue weighted by atomic mass is 35.5. The zero-order chi connectivity index (χ0) is 23.6. The Bertz CT molecular complexity index is 1130. The molecule has 2 aromatic carbocycles. The van der Waals surface area contributed by atoms with Gasteiger partial charge in [-0.1, -0.05) is 29.3 Å². The molecule has 4 rings (SSSR count). The number of halogens is 2. The Morgan fingerprint density at radius 2 is 1.73 bits per heavy atom. The van der Waals surface area contributed by atoms with Gasteiger partial charge in [-0.05, 0) is 55.7 Å². The van der Waals surface area contributed by atoms with Gasteiger partial charge >= 0.3 is 0 Å². The molecule has 2 fully saturated rings. The van der Waals surface area contributed by atoms with E-state index in [9.17, 15) is 18.0 Å². The van der Waals surface area contributed by atoms with Gasteiger partial charge in [-0.15, -0.1) is 0 Å². The lowest BCUT2D eigenvalue weighted by molar-refractivity contribution is -0.121. The highest BCUT2D eigenvalue weighted by Gasteiger charge is 2.33. The molecule has 10 heteroatoms. The van der Waals surface area contributed by atoms with E-state index in [1.54, 1.807) is 35.2 Å². The van der Waals surface area contributed by atoms with Crippen LogP contribution in [0.1, 0.15) is 31.2 Å². The van der Waals surface area contributed by atoms with Crippen molar-refractivity contribution < 1.29 is 18.0 Å². The molecular formula is C23H25Cl2N3O4S. The first-order valence-electron chi connectivity index (χ1n) is 10.9. The quantitative estimate of drug-likeness (QED) is 0.628. The van der Waals surface area contributed by atoms with Crippen LogP contribution in [0.3, 0.4) is 0 Å². The zero-order valence-electron chi connectivity index (χ0n) is 18.0. The number of anilines is 2. The van der Waals surface area contributed by atoms with E-state index in [0.717, 1.165) is 12.1 Å². The molecule has 1 N–H and O–H groups in total. The number of benzene rings is 2. The molecule has 2 amide bonds. The van der Waals surface area contributed by atoms with E-state index in [0.29, 0.717) is 53.6 Å². The summed E-state index contributed by atoms with van der Waals surface area (Å²) in [6.45, 7) is 1.17. The predicted molar refractivity (Wildman–Crippen MR) is 130 cm³/mol. The molecule has 2 heterocycles. The maximum atomic E-state index is 13.0. The monoisotopic (exact) mass is 509 g/mol. The molecule has 2 aliphatic heterocycles. The van der Waals surface area contributed by atoms with Gasteiger partial charge < -0.3 is 10.2 Å². The van der Waals surface area contributed by atoms with Gasteiger partial charge in [0.05, 0.1) is 11.7 Å². The van der Waals surface area contributed by atoms with Crippen LogP contribution in [-0.4, -0.2) is 44.2 Å². The van der Waals surface area contributed by atoms with Crippen molar-refractivity contribution in [1.29, 1.82) is 0 Å². The summed E-state index contributed by atoms with van der Waals surface area (Å²) in [7, 11) is -3.69. The van der Waals surface area contributed by atoms with Crippen LogP contribution in [0.15, 0.2) is 42.5 Å². The van der Waals surface area contributed by atoms with E-state index >= 15 is 0 Å². The van der Waals surface area contributed by atoms with Crippen LogP contribution in [0.4, 0.5) is 11.4 Å². The largest absolute Gasteiger partial charge is 0.326 e. The summed E-state index contributed by atoms with van der Waals surface area (Å²) in [5.41, 5.74) is 1.78. The maximum absolute atomic E-state index is 13.0. The normalized spacial score (nSPS) is 19.6. The first-order chi connectivity index (χ1) is 15.7. The summed E-state index contributed by atoms with van der Waals surface area (Å²) < 4.78 is 27.4. The van der Waals surface area contributed by atoms with Gasteiger partial charge in [-0.2, -0.15) is 0 Å². The highest BCUT2D eigenvalue weighted by molar-refractivity contribution is 7.88. The van der Waals surface area contributed by atoms with Crippen molar-refractivity contribution in [3.05, 3.63) is 58.1 Å². The van der Waals surface area contributed by atoms with Gasteiger partial charge in [0.15, 0.2) is 0 Å². The number of hydrogen-bond acceptors (Lipinski definition) is 4. The van der Waals surface area contributed by atoms with Gasteiger partial charge in [0.1, 0.15) is 0 Å². The number of nitrogens with zero attached hydrogens (tertiary/aromatic N) is 2. The average molecular weight is 510 g/mol. The standard InChI is InChI=1S/C23H25Cl2N3O4S/c24-20-5-1-6-21(25)19(20)15-33(31,32)27-12-2-4-16(14-27)23(30)26-17-8-10-18(11-9-17)28-13-3-7-22(28)29/h1,5-6,8-11,16H,2-4,7,12-15H2,(H,26,30)/t16-/m1/s1. The third-order valence-corrected chi connectivity index (χ3v) is 8.54. The Morgan fingerprint density at radius 1 is 1.03 bits per heavy atom. The van der Waals surface area contributed by atoms with E-state index in [-0.39, 0.29) is 24.1 Å². The van der Waals surface area contributed by atoms with E-state index in [1.165, 1.54) is 4.31 Å². The molecule has 0 unspecified atom stereocenters. The number of rotatable bonds is 6. The number of carbonyl (C=O) groups is 2. The van der Waals surface area contributed by atoms with Gasteiger partial charge in [0.25, 0.3) is 0 Å². The predicted octanol–water partition coefficient (Wildman–Crippen LogP) is 4.30. The number of carbonyl (C=O) groups excluding carboxylic acids is 2. The fraction of sp³-hybridized carbons (Fsp3) is 0.391. The van der Waals surface area contributed by atoms with Crippen LogP contribution < -0.4 is 10.2 Å². The molecule has 2 aliphatic rings. The molecule has 0 bridgehead atoms. The average Bonchev–Trinajstić information content (AvgIpc) is 3.23. The lowest BCUT2D eigenvalue weighted by atomic mass is 9.98. The summed E-state index contributed by atoms with van der Waals surface area (Å²) >= 11 is 12.3. The van der Waals surface area contributed by atoms with Crippen LogP contribution in [0.25, 0.3) is 0 Å².